The van der Waals surface area contributed by atoms with Crippen LogP contribution in [0.2, 0.25) is 0 Å². The van der Waals surface area contributed by atoms with E-state index in [1.807, 2.05) is 50.4 Å². The molecule has 0 saturated carbocycles. The van der Waals surface area contributed by atoms with Crippen LogP contribution in [0.5, 0.6) is 5.75 Å². The summed E-state index contributed by atoms with van der Waals surface area (Å²) < 4.78 is 5.41. The van der Waals surface area contributed by atoms with Crippen LogP contribution in [0.1, 0.15) is 19.4 Å². The van der Waals surface area contributed by atoms with Gasteiger partial charge in [-0.05, 0) is 29.8 Å². The molecule has 1 aliphatic rings. The molecule has 1 aliphatic heterocycles. The SMILES string of the molecule is CC(C)C(=O)Oc1cccc(CN2CCN(c3ccccn3)CC2)c1. The number of carbonyl (C=O) groups excluding carboxylic acids is 1. The quantitative estimate of drug-likeness (QED) is 0.619. The van der Waals surface area contributed by atoms with Gasteiger partial charge in [0.1, 0.15) is 11.6 Å². The molecule has 0 amide bonds. The number of esters is 1. The maximum Gasteiger partial charge on any atom is 0.313 e. The molecule has 0 aliphatic carbocycles. The van der Waals surface area contributed by atoms with E-state index in [2.05, 4.69) is 26.9 Å². The standard InChI is InChI=1S/C20H25N3O2/c1-16(2)20(24)25-18-7-5-6-17(14-18)15-22-10-12-23(13-11-22)19-8-3-4-9-21-19/h3-9,14,16H,10-13,15H2,1-2H3. The number of hydrogen-bond acceptors (Lipinski definition) is 5. The first kappa shape index (κ1) is 17.4. The monoisotopic (exact) mass is 339 g/mol. The molecule has 0 bridgehead atoms. The van der Waals surface area contributed by atoms with Crippen LogP contribution in [-0.4, -0.2) is 42.0 Å². The van der Waals surface area contributed by atoms with Crippen molar-refractivity contribution in [3.63, 3.8) is 0 Å². The minimum Gasteiger partial charge on any atom is -0.426 e. The maximum absolute atomic E-state index is 11.7. The van der Waals surface area contributed by atoms with Crippen molar-refractivity contribution < 1.29 is 9.53 Å². The Labute approximate surface area is 149 Å². The average molecular weight is 339 g/mol. The molecule has 0 spiro atoms. The molecule has 1 fully saturated rings. The second-order valence-corrected chi connectivity index (χ2v) is 6.67. The summed E-state index contributed by atoms with van der Waals surface area (Å²) in [6.45, 7) is 8.47. The highest BCUT2D eigenvalue weighted by atomic mass is 16.5. The molecule has 1 aromatic heterocycles. The van der Waals surface area contributed by atoms with E-state index in [1.54, 1.807) is 0 Å². The zero-order valence-electron chi connectivity index (χ0n) is 14.9. The molecule has 1 aromatic carbocycles. The summed E-state index contributed by atoms with van der Waals surface area (Å²) in [4.78, 5) is 20.9. The lowest BCUT2D eigenvalue weighted by Crippen LogP contribution is -2.46. The summed E-state index contributed by atoms with van der Waals surface area (Å²) in [7, 11) is 0. The van der Waals surface area contributed by atoms with Gasteiger partial charge in [0.15, 0.2) is 0 Å². The summed E-state index contributed by atoms with van der Waals surface area (Å²) in [6.07, 6.45) is 1.84. The van der Waals surface area contributed by atoms with Gasteiger partial charge in [0, 0.05) is 38.9 Å². The van der Waals surface area contributed by atoms with E-state index < -0.39 is 0 Å². The predicted molar refractivity (Wildman–Crippen MR) is 98.6 cm³/mol. The van der Waals surface area contributed by atoms with E-state index in [0.717, 1.165) is 38.5 Å². The zero-order valence-corrected chi connectivity index (χ0v) is 14.9. The Morgan fingerprint density at radius 1 is 1.12 bits per heavy atom. The van der Waals surface area contributed by atoms with Gasteiger partial charge < -0.3 is 9.64 Å². The largest absolute Gasteiger partial charge is 0.426 e. The first-order valence-electron chi connectivity index (χ1n) is 8.81. The molecule has 1 saturated heterocycles. The molecule has 0 radical (unpaired) electrons. The molecule has 2 heterocycles. The van der Waals surface area contributed by atoms with Gasteiger partial charge in [-0.2, -0.15) is 0 Å². The van der Waals surface area contributed by atoms with Crippen molar-refractivity contribution >= 4 is 11.8 Å². The highest BCUT2D eigenvalue weighted by Crippen LogP contribution is 2.18. The van der Waals surface area contributed by atoms with E-state index in [1.165, 1.54) is 5.56 Å². The molecule has 0 atom stereocenters. The number of piperazine rings is 1. The van der Waals surface area contributed by atoms with E-state index in [0.29, 0.717) is 5.75 Å². The number of anilines is 1. The number of ether oxygens (including phenoxy) is 1. The van der Waals surface area contributed by atoms with Gasteiger partial charge in [0.2, 0.25) is 0 Å². The second-order valence-electron chi connectivity index (χ2n) is 6.67. The van der Waals surface area contributed by atoms with Gasteiger partial charge in [0.25, 0.3) is 0 Å². The van der Waals surface area contributed by atoms with E-state index in [9.17, 15) is 4.79 Å². The van der Waals surface area contributed by atoms with Gasteiger partial charge in [0.05, 0.1) is 5.92 Å². The van der Waals surface area contributed by atoms with Gasteiger partial charge in [-0.15, -0.1) is 0 Å². The van der Waals surface area contributed by atoms with Crippen LogP contribution in [0.15, 0.2) is 48.7 Å². The summed E-state index contributed by atoms with van der Waals surface area (Å²) in [6, 6.07) is 13.9. The third-order valence-corrected chi connectivity index (χ3v) is 4.34. The Morgan fingerprint density at radius 3 is 2.60 bits per heavy atom. The minimum absolute atomic E-state index is 0.122. The Morgan fingerprint density at radius 2 is 1.92 bits per heavy atom. The Kier molecular flexibility index (Phi) is 5.66. The summed E-state index contributed by atoms with van der Waals surface area (Å²) >= 11 is 0. The molecule has 3 rings (SSSR count). The number of carbonyl (C=O) groups is 1. The van der Waals surface area contributed by atoms with Crippen molar-refractivity contribution in [2.45, 2.75) is 20.4 Å². The molecule has 25 heavy (non-hydrogen) atoms. The fraction of sp³-hybridized carbons (Fsp3) is 0.400. The lowest BCUT2D eigenvalue weighted by molar-refractivity contribution is -0.137. The topological polar surface area (TPSA) is 45.7 Å². The average Bonchev–Trinajstić information content (AvgIpc) is 2.63. The highest BCUT2D eigenvalue weighted by Gasteiger charge is 2.18. The number of aromatic nitrogens is 1. The first-order chi connectivity index (χ1) is 12.1. The number of rotatable bonds is 5. The van der Waals surface area contributed by atoms with Crippen LogP contribution < -0.4 is 9.64 Å². The van der Waals surface area contributed by atoms with Crippen molar-refractivity contribution in [2.24, 2.45) is 5.92 Å². The molecule has 5 nitrogen and oxygen atoms in total. The Balaban J connectivity index is 1.54. The highest BCUT2D eigenvalue weighted by molar-refractivity contribution is 5.74. The number of hydrogen-bond donors (Lipinski definition) is 0. The van der Waals surface area contributed by atoms with Gasteiger partial charge >= 0.3 is 5.97 Å². The van der Waals surface area contributed by atoms with E-state index in [-0.39, 0.29) is 11.9 Å². The molecule has 0 N–H and O–H groups in total. The number of benzene rings is 1. The van der Waals surface area contributed by atoms with Crippen LogP contribution in [0, 0.1) is 5.92 Å². The van der Waals surface area contributed by atoms with Crippen LogP contribution in [0.4, 0.5) is 5.82 Å². The fourth-order valence-corrected chi connectivity index (χ4v) is 2.88. The molecule has 132 valence electrons. The molecular formula is C20H25N3O2. The van der Waals surface area contributed by atoms with Crippen molar-refractivity contribution in [1.29, 1.82) is 0 Å². The number of pyridine rings is 1. The molecule has 0 unspecified atom stereocenters. The lowest BCUT2D eigenvalue weighted by Gasteiger charge is -2.35. The summed E-state index contributed by atoms with van der Waals surface area (Å²) in [5.41, 5.74) is 1.17. The van der Waals surface area contributed by atoms with Crippen molar-refractivity contribution in [2.75, 3.05) is 31.1 Å². The molecular weight excluding hydrogens is 314 g/mol. The minimum atomic E-state index is -0.193. The molecule has 2 aromatic rings. The third-order valence-electron chi connectivity index (χ3n) is 4.34. The predicted octanol–water partition coefficient (Wildman–Crippen LogP) is 2.97. The third kappa shape index (κ3) is 4.79. The zero-order chi connectivity index (χ0) is 17.6. The van der Waals surface area contributed by atoms with Gasteiger partial charge in [-0.25, -0.2) is 4.98 Å². The summed E-state index contributed by atoms with van der Waals surface area (Å²) in [5, 5.41) is 0. The Hall–Kier alpha value is -2.40. The lowest BCUT2D eigenvalue weighted by atomic mass is 10.2. The maximum atomic E-state index is 11.7. The normalized spacial score (nSPS) is 15.4. The van der Waals surface area contributed by atoms with E-state index in [4.69, 9.17) is 4.74 Å². The van der Waals surface area contributed by atoms with E-state index >= 15 is 0 Å². The van der Waals surface area contributed by atoms with Crippen LogP contribution >= 0.6 is 0 Å². The summed E-state index contributed by atoms with van der Waals surface area (Å²) in [5.74, 6) is 1.36. The van der Waals surface area contributed by atoms with Crippen LogP contribution in [0.25, 0.3) is 0 Å². The second kappa shape index (κ2) is 8.12. The Bertz CT molecular complexity index is 695. The van der Waals surface area contributed by atoms with Crippen molar-refractivity contribution in [3.8, 4) is 5.75 Å². The first-order valence-corrected chi connectivity index (χ1v) is 8.81. The smallest absolute Gasteiger partial charge is 0.313 e. The van der Waals surface area contributed by atoms with Crippen molar-refractivity contribution in [1.82, 2.24) is 9.88 Å². The number of nitrogens with zero attached hydrogens (tertiary/aromatic N) is 3. The van der Waals surface area contributed by atoms with Gasteiger partial charge in [-0.1, -0.05) is 32.0 Å². The fourth-order valence-electron chi connectivity index (χ4n) is 2.88. The van der Waals surface area contributed by atoms with Crippen molar-refractivity contribution in [3.05, 3.63) is 54.2 Å². The van der Waals surface area contributed by atoms with Crippen LogP contribution in [-0.2, 0) is 11.3 Å². The van der Waals surface area contributed by atoms with Gasteiger partial charge in [-0.3, -0.25) is 9.69 Å². The van der Waals surface area contributed by atoms with Crippen LogP contribution in [0.3, 0.4) is 0 Å². The molecule has 5 heteroatoms.